The van der Waals surface area contributed by atoms with Crippen molar-refractivity contribution in [1.82, 2.24) is 19.1 Å². The van der Waals surface area contributed by atoms with E-state index in [0.29, 0.717) is 23.7 Å². The predicted octanol–water partition coefficient (Wildman–Crippen LogP) is 2.04. The van der Waals surface area contributed by atoms with Crippen LogP contribution in [0.2, 0.25) is 0 Å². The zero-order valence-corrected chi connectivity index (χ0v) is 15.1. The van der Waals surface area contributed by atoms with Crippen LogP contribution >= 0.6 is 11.3 Å². The Bertz CT molecular complexity index is 1300. The SMILES string of the molecule is Cn1c(=O)[nH]c(=O)c2c1nc1n2CC(c2cccs2)=NN1c1ccccc1. The Labute approximate surface area is 156 Å². The summed E-state index contributed by atoms with van der Waals surface area (Å²) in [6.45, 7) is 0.400. The van der Waals surface area contributed by atoms with Crippen LogP contribution in [0.3, 0.4) is 0 Å². The van der Waals surface area contributed by atoms with Crippen molar-refractivity contribution in [3.8, 4) is 0 Å². The lowest BCUT2D eigenvalue weighted by Gasteiger charge is -2.25. The van der Waals surface area contributed by atoms with Crippen molar-refractivity contribution in [1.29, 1.82) is 0 Å². The molecular weight excluding hydrogens is 364 g/mol. The number of nitrogens with one attached hydrogen (secondary N) is 1. The van der Waals surface area contributed by atoms with Crippen LogP contribution in [0, 0.1) is 0 Å². The fourth-order valence-corrected chi connectivity index (χ4v) is 3.90. The summed E-state index contributed by atoms with van der Waals surface area (Å²) in [6.07, 6.45) is 0. The summed E-state index contributed by atoms with van der Waals surface area (Å²) in [7, 11) is 1.59. The summed E-state index contributed by atoms with van der Waals surface area (Å²) in [5, 5.41) is 8.49. The zero-order chi connectivity index (χ0) is 18.5. The van der Waals surface area contributed by atoms with Crippen LogP contribution in [0.25, 0.3) is 11.2 Å². The Morgan fingerprint density at radius 2 is 1.93 bits per heavy atom. The van der Waals surface area contributed by atoms with Gasteiger partial charge in [0.15, 0.2) is 11.2 Å². The topological polar surface area (TPSA) is 88.3 Å². The number of para-hydroxylation sites is 1. The summed E-state index contributed by atoms with van der Waals surface area (Å²) in [5.74, 6) is 0.503. The van der Waals surface area contributed by atoms with E-state index in [4.69, 9.17) is 5.10 Å². The molecule has 0 unspecified atom stereocenters. The smallest absolute Gasteiger partial charge is 0.296 e. The third kappa shape index (κ3) is 2.36. The van der Waals surface area contributed by atoms with Gasteiger partial charge >= 0.3 is 5.69 Å². The molecule has 1 aromatic carbocycles. The number of fused-ring (bicyclic) bond motifs is 3. The van der Waals surface area contributed by atoms with Crippen LogP contribution in [0.5, 0.6) is 0 Å². The molecule has 4 heterocycles. The maximum Gasteiger partial charge on any atom is 0.329 e. The van der Waals surface area contributed by atoms with Gasteiger partial charge in [0.2, 0.25) is 5.95 Å². The highest BCUT2D eigenvalue weighted by Gasteiger charge is 2.28. The molecule has 134 valence electrons. The highest BCUT2D eigenvalue weighted by Crippen LogP contribution is 2.31. The number of benzene rings is 1. The number of hydrazone groups is 1. The molecule has 1 aliphatic heterocycles. The molecule has 0 atom stereocenters. The molecule has 0 spiro atoms. The third-order valence-corrected chi connectivity index (χ3v) is 5.43. The molecule has 1 N–H and O–H groups in total. The summed E-state index contributed by atoms with van der Waals surface area (Å²) < 4.78 is 3.15. The van der Waals surface area contributed by atoms with E-state index in [-0.39, 0.29) is 0 Å². The molecule has 0 bridgehead atoms. The Kier molecular flexibility index (Phi) is 3.37. The lowest BCUT2D eigenvalue weighted by Crippen LogP contribution is -2.31. The van der Waals surface area contributed by atoms with Gasteiger partial charge in [0, 0.05) is 7.05 Å². The van der Waals surface area contributed by atoms with Gasteiger partial charge in [-0.05, 0) is 23.6 Å². The van der Waals surface area contributed by atoms with Crippen molar-refractivity contribution in [3.05, 3.63) is 73.6 Å². The van der Waals surface area contributed by atoms with E-state index in [1.54, 1.807) is 23.4 Å². The Morgan fingerprint density at radius 1 is 1.11 bits per heavy atom. The fraction of sp³-hybridized carbons (Fsp3) is 0.111. The Morgan fingerprint density at radius 3 is 2.67 bits per heavy atom. The first kappa shape index (κ1) is 15.8. The number of H-pyrrole nitrogens is 1. The maximum atomic E-state index is 12.5. The quantitative estimate of drug-likeness (QED) is 0.578. The van der Waals surface area contributed by atoms with Gasteiger partial charge in [-0.2, -0.15) is 15.1 Å². The minimum Gasteiger partial charge on any atom is -0.296 e. The molecule has 4 aromatic rings. The molecule has 0 saturated heterocycles. The third-order valence-electron chi connectivity index (χ3n) is 4.51. The number of aromatic amines is 1. The summed E-state index contributed by atoms with van der Waals surface area (Å²) in [6, 6.07) is 13.6. The summed E-state index contributed by atoms with van der Waals surface area (Å²) in [4.78, 5) is 32.5. The van der Waals surface area contributed by atoms with Crippen LogP contribution < -0.4 is 16.3 Å². The Balaban J connectivity index is 1.82. The van der Waals surface area contributed by atoms with Gasteiger partial charge < -0.3 is 0 Å². The van der Waals surface area contributed by atoms with Crippen molar-refractivity contribution in [2.75, 3.05) is 5.01 Å². The molecule has 9 heteroatoms. The second-order valence-corrected chi connectivity index (χ2v) is 7.11. The van der Waals surface area contributed by atoms with Crippen LogP contribution in [-0.4, -0.2) is 24.8 Å². The van der Waals surface area contributed by atoms with E-state index in [0.717, 1.165) is 16.3 Å². The molecular formula is C18H14N6O2S. The molecule has 1 aliphatic rings. The van der Waals surface area contributed by atoms with Crippen molar-refractivity contribution >= 4 is 39.8 Å². The van der Waals surface area contributed by atoms with Gasteiger partial charge in [-0.15, -0.1) is 11.3 Å². The monoisotopic (exact) mass is 378 g/mol. The number of aryl methyl sites for hydroxylation is 1. The molecule has 0 saturated carbocycles. The van der Waals surface area contributed by atoms with E-state index < -0.39 is 11.2 Å². The normalized spacial score (nSPS) is 13.7. The van der Waals surface area contributed by atoms with Gasteiger partial charge in [-0.1, -0.05) is 24.3 Å². The van der Waals surface area contributed by atoms with E-state index in [9.17, 15) is 9.59 Å². The average Bonchev–Trinajstić information content (AvgIpc) is 3.34. The minimum atomic E-state index is -0.492. The molecule has 0 aliphatic carbocycles. The zero-order valence-electron chi connectivity index (χ0n) is 14.3. The van der Waals surface area contributed by atoms with Crippen LogP contribution in [-0.2, 0) is 13.6 Å². The first-order valence-electron chi connectivity index (χ1n) is 8.29. The van der Waals surface area contributed by atoms with Gasteiger partial charge in [-0.3, -0.25) is 18.9 Å². The lowest BCUT2D eigenvalue weighted by molar-refractivity contribution is 0.796. The maximum absolute atomic E-state index is 12.5. The lowest BCUT2D eigenvalue weighted by atomic mass is 10.2. The first-order valence-corrected chi connectivity index (χ1v) is 9.17. The largest absolute Gasteiger partial charge is 0.329 e. The number of imidazole rings is 1. The first-order chi connectivity index (χ1) is 13.1. The molecule has 3 aromatic heterocycles. The van der Waals surface area contributed by atoms with Gasteiger partial charge in [0.25, 0.3) is 5.56 Å². The second kappa shape index (κ2) is 5.78. The fourth-order valence-electron chi connectivity index (χ4n) is 3.19. The van der Waals surface area contributed by atoms with Crippen LogP contribution in [0.15, 0.2) is 62.5 Å². The number of hydrogen-bond acceptors (Lipinski definition) is 6. The van der Waals surface area contributed by atoms with E-state index >= 15 is 0 Å². The molecule has 27 heavy (non-hydrogen) atoms. The van der Waals surface area contributed by atoms with E-state index in [1.807, 2.05) is 52.4 Å². The van der Waals surface area contributed by atoms with E-state index in [2.05, 4.69) is 9.97 Å². The van der Waals surface area contributed by atoms with Crippen LogP contribution in [0.1, 0.15) is 4.88 Å². The van der Waals surface area contributed by atoms with Crippen molar-refractivity contribution in [2.45, 2.75) is 6.54 Å². The molecule has 0 fully saturated rings. The highest BCUT2D eigenvalue weighted by atomic mass is 32.1. The standard InChI is InChI=1S/C18H14N6O2S/c1-22-15-14(16(25)20-18(22)26)23-10-12(13-8-5-9-27-13)21-24(17(23)19-15)11-6-3-2-4-7-11/h2-9H,10H2,1H3,(H,20,25,26). The number of rotatable bonds is 2. The van der Waals surface area contributed by atoms with Crippen molar-refractivity contribution in [2.24, 2.45) is 12.1 Å². The molecule has 0 radical (unpaired) electrons. The van der Waals surface area contributed by atoms with Crippen molar-refractivity contribution < 1.29 is 0 Å². The highest BCUT2D eigenvalue weighted by molar-refractivity contribution is 7.12. The van der Waals surface area contributed by atoms with Gasteiger partial charge in [0.05, 0.1) is 22.8 Å². The number of nitrogens with zero attached hydrogens (tertiary/aromatic N) is 5. The predicted molar refractivity (Wildman–Crippen MR) is 105 cm³/mol. The number of thiophene rings is 1. The Hall–Kier alpha value is -3.46. The van der Waals surface area contributed by atoms with Gasteiger partial charge in [0.1, 0.15) is 0 Å². The van der Waals surface area contributed by atoms with Gasteiger partial charge in [-0.25, -0.2) is 4.79 Å². The average molecular weight is 378 g/mol. The number of aromatic nitrogens is 4. The number of anilines is 2. The minimum absolute atomic E-state index is 0.335. The second-order valence-electron chi connectivity index (χ2n) is 6.16. The molecule has 5 rings (SSSR count). The number of hydrogen-bond donors (Lipinski definition) is 1. The van der Waals surface area contributed by atoms with Crippen molar-refractivity contribution in [3.63, 3.8) is 0 Å². The summed E-state index contributed by atoms with van der Waals surface area (Å²) >= 11 is 1.59. The summed E-state index contributed by atoms with van der Waals surface area (Å²) in [5.41, 5.74) is 1.40. The molecule has 8 nitrogen and oxygen atoms in total. The van der Waals surface area contributed by atoms with Crippen LogP contribution in [0.4, 0.5) is 11.6 Å². The molecule has 0 amide bonds. The van der Waals surface area contributed by atoms with E-state index in [1.165, 1.54) is 4.57 Å².